The highest BCUT2D eigenvalue weighted by Gasteiger charge is 2.22. The number of ether oxygens (including phenoxy) is 4. The van der Waals surface area contributed by atoms with Gasteiger partial charge in [-0.05, 0) is 87.0 Å². The molecule has 2 aromatic rings. The van der Waals surface area contributed by atoms with Crippen LogP contribution in [0.3, 0.4) is 0 Å². The molecule has 2 aromatic carbocycles. The monoisotopic (exact) mass is 479 g/mol. The van der Waals surface area contributed by atoms with Crippen LogP contribution in [-0.4, -0.2) is 51.1 Å². The molecule has 2 heterocycles. The van der Waals surface area contributed by atoms with E-state index >= 15 is 0 Å². The van der Waals surface area contributed by atoms with Crippen LogP contribution in [-0.2, 0) is 17.6 Å². The summed E-state index contributed by atoms with van der Waals surface area (Å²) in [5, 5.41) is 1.56. The molecule has 0 aromatic heterocycles. The first kappa shape index (κ1) is 23.5. The Morgan fingerprint density at radius 2 is 1.72 bits per heavy atom. The van der Waals surface area contributed by atoms with Gasteiger partial charge in [-0.3, -0.25) is 0 Å². The number of methoxy groups -OCH3 is 1. The molecule has 1 fully saturated rings. The van der Waals surface area contributed by atoms with Crippen LogP contribution < -0.4 is 14.2 Å². The topological polar surface area (TPSA) is 40.2 Å². The van der Waals surface area contributed by atoms with Crippen molar-refractivity contribution in [3.63, 3.8) is 0 Å². The van der Waals surface area contributed by atoms with Gasteiger partial charge in [-0.1, -0.05) is 23.2 Å². The van der Waals surface area contributed by atoms with Gasteiger partial charge in [-0.2, -0.15) is 0 Å². The molecular formula is C25H31Cl2NO4. The summed E-state index contributed by atoms with van der Waals surface area (Å²) in [5.74, 6) is 2.97. The lowest BCUT2D eigenvalue weighted by Crippen LogP contribution is -2.35. The minimum absolute atomic E-state index is 0.282. The SMILES string of the molecule is COC(C)Oc1ccc(Cl)c(CC2CCN(CCc3cc4c(cc3Cl)OCCO4)CC2)c1. The Labute approximate surface area is 200 Å². The Hall–Kier alpha value is -1.66. The predicted molar refractivity (Wildman–Crippen MR) is 128 cm³/mol. The van der Waals surface area contributed by atoms with Crippen molar-refractivity contribution in [2.24, 2.45) is 5.92 Å². The van der Waals surface area contributed by atoms with Crippen molar-refractivity contribution >= 4 is 23.2 Å². The predicted octanol–water partition coefficient (Wildman–Crippen LogP) is 5.63. The van der Waals surface area contributed by atoms with Crippen LogP contribution in [0.5, 0.6) is 17.2 Å². The zero-order valence-electron chi connectivity index (χ0n) is 18.7. The molecule has 0 spiro atoms. The fraction of sp³-hybridized carbons (Fsp3) is 0.520. The second-order valence-electron chi connectivity index (χ2n) is 8.50. The second-order valence-corrected chi connectivity index (χ2v) is 9.32. The molecule has 0 bridgehead atoms. The molecule has 0 aliphatic carbocycles. The van der Waals surface area contributed by atoms with E-state index in [2.05, 4.69) is 4.90 Å². The quantitative estimate of drug-likeness (QED) is 0.458. The molecule has 0 radical (unpaired) electrons. The van der Waals surface area contributed by atoms with Crippen LogP contribution in [0.4, 0.5) is 0 Å². The maximum Gasteiger partial charge on any atom is 0.196 e. The highest BCUT2D eigenvalue weighted by atomic mass is 35.5. The Kier molecular flexibility index (Phi) is 8.06. The van der Waals surface area contributed by atoms with E-state index in [0.717, 1.165) is 83.7 Å². The van der Waals surface area contributed by atoms with Gasteiger partial charge in [-0.25, -0.2) is 0 Å². The van der Waals surface area contributed by atoms with E-state index in [1.54, 1.807) is 7.11 Å². The van der Waals surface area contributed by atoms with E-state index in [0.29, 0.717) is 19.1 Å². The van der Waals surface area contributed by atoms with Crippen molar-refractivity contribution in [3.8, 4) is 17.2 Å². The molecule has 0 N–H and O–H groups in total. The molecule has 1 unspecified atom stereocenters. The molecule has 2 aliphatic rings. The fourth-order valence-electron chi connectivity index (χ4n) is 4.32. The van der Waals surface area contributed by atoms with Crippen LogP contribution in [0.15, 0.2) is 30.3 Å². The third-order valence-corrected chi connectivity index (χ3v) is 7.00. The first-order valence-corrected chi connectivity index (χ1v) is 12.1. The zero-order valence-corrected chi connectivity index (χ0v) is 20.3. The van der Waals surface area contributed by atoms with Gasteiger partial charge < -0.3 is 23.8 Å². The lowest BCUT2D eigenvalue weighted by atomic mass is 9.90. The van der Waals surface area contributed by atoms with Gasteiger partial charge >= 0.3 is 0 Å². The lowest BCUT2D eigenvalue weighted by molar-refractivity contribution is -0.0383. The molecule has 0 amide bonds. The number of benzene rings is 2. The van der Waals surface area contributed by atoms with E-state index in [1.807, 2.05) is 37.3 Å². The second kappa shape index (κ2) is 11.0. The summed E-state index contributed by atoms with van der Waals surface area (Å²) < 4.78 is 22.3. The van der Waals surface area contributed by atoms with Crippen molar-refractivity contribution in [2.75, 3.05) is 40.0 Å². The van der Waals surface area contributed by atoms with E-state index in [4.69, 9.17) is 42.1 Å². The fourth-order valence-corrected chi connectivity index (χ4v) is 4.76. The van der Waals surface area contributed by atoms with Crippen molar-refractivity contribution in [3.05, 3.63) is 51.5 Å². The van der Waals surface area contributed by atoms with Crippen molar-refractivity contribution in [2.45, 2.75) is 38.9 Å². The molecular weight excluding hydrogens is 449 g/mol. The third kappa shape index (κ3) is 6.02. The van der Waals surface area contributed by atoms with Crippen molar-refractivity contribution in [1.82, 2.24) is 4.90 Å². The van der Waals surface area contributed by atoms with Gasteiger partial charge in [0.1, 0.15) is 19.0 Å². The first-order valence-electron chi connectivity index (χ1n) is 11.3. The van der Waals surface area contributed by atoms with Gasteiger partial charge in [-0.15, -0.1) is 0 Å². The summed E-state index contributed by atoms with van der Waals surface area (Å²) in [6, 6.07) is 9.78. The molecule has 7 heteroatoms. The number of piperidine rings is 1. The van der Waals surface area contributed by atoms with E-state index < -0.39 is 0 Å². The Morgan fingerprint density at radius 3 is 2.44 bits per heavy atom. The molecule has 1 atom stereocenters. The van der Waals surface area contributed by atoms with Crippen LogP contribution in [0.25, 0.3) is 0 Å². The molecule has 2 aliphatic heterocycles. The maximum absolute atomic E-state index is 6.48. The smallest absolute Gasteiger partial charge is 0.196 e. The number of hydrogen-bond donors (Lipinski definition) is 0. The Balaban J connectivity index is 1.27. The van der Waals surface area contributed by atoms with Crippen LogP contribution in [0.2, 0.25) is 10.0 Å². The van der Waals surface area contributed by atoms with Gasteiger partial charge in [0.15, 0.2) is 17.8 Å². The number of halogens is 2. The normalized spacial score (nSPS) is 17.9. The van der Waals surface area contributed by atoms with Crippen LogP contribution in [0.1, 0.15) is 30.9 Å². The maximum atomic E-state index is 6.48. The molecule has 4 rings (SSSR count). The average Bonchev–Trinajstić information content (AvgIpc) is 2.80. The minimum atomic E-state index is -0.282. The number of fused-ring (bicyclic) bond motifs is 1. The van der Waals surface area contributed by atoms with E-state index in [9.17, 15) is 0 Å². The number of likely N-dealkylation sites (tertiary alicyclic amines) is 1. The Morgan fingerprint density at radius 1 is 1.00 bits per heavy atom. The van der Waals surface area contributed by atoms with Gasteiger partial charge in [0.2, 0.25) is 0 Å². The minimum Gasteiger partial charge on any atom is -0.486 e. The number of rotatable bonds is 8. The van der Waals surface area contributed by atoms with Crippen LogP contribution in [0, 0.1) is 5.92 Å². The summed E-state index contributed by atoms with van der Waals surface area (Å²) in [5.41, 5.74) is 2.26. The summed E-state index contributed by atoms with van der Waals surface area (Å²) >= 11 is 12.9. The standard InChI is InChI=1S/C25H31Cl2NO4/c1-17(29-2)32-21-3-4-22(26)20(14-21)13-18-5-8-28(9-6-18)10-7-19-15-24-25(16-23(19)27)31-12-11-30-24/h3-4,14-18H,5-13H2,1-2H3. The molecule has 32 heavy (non-hydrogen) atoms. The number of nitrogens with zero attached hydrogens (tertiary/aromatic N) is 1. The largest absolute Gasteiger partial charge is 0.486 e. The lowest BCUT2D eigenvalue weighted by Gasteiger charge is -2.32. The number of hydrogen-bond acceptors (Lipinski definition) is 5. The molecule has 174 valence electrons. The summed E-state index contributed by atoms with van der Waals surface area (Å²) in [6.45, 7) is 6.20. The average molecular weight is 480 g/mol. The van der Waals surface area contributed by atoms with Gasteiger partial charge in [0.25, 0.3) is 0 Å². The van der Waals surface area contributed by atoms with Crippen molar-refractivity contribution in [1.29, 1.82) is 0 Å². The summed E-state index contributed by atoms with van der Waals surface area (Å²) in [6.07, 6.45) is 3.91. The van der Waals surface area contributed by atoms with Crippen molar-refractivity contribution < 1.29 is 18.9 Å². The molecule has 1 saturated heterocycles. The van der Waals surface area contributed by atoms with Crippen LogP contribution >= 0.6 is 23.2 Å². The summed E-state index contributed by atoms with van der Waals surface area (Å²) in [4.78, 5) is 2.52. The van der Waals surface area contributed by atoms with E-state index in [-0.39, 0.29) is 6.29 Å². The zero-order chi connectivity index (χ0) is 22.5. The molecule has 0 saturated carbocycles. The van der Waals surface area contributed by atoms with Gasteiger partial charge in [0.05, 0.1) is 0 Å². The molecule has 5 nitrogen and oxygen atoms in total. The third-order valence-electron chi connectivity index (χ3n) is 6.28. The highest BCUT2D eigenvalue weighted by molar-refractivity contribution is 6.31. The van der Waals surface area contributed by atoms with E-state index in [1.165, 1.54) is 0 Å². The van der Waals surface area contributed by atoms with Gasteiger partial charge in [0, 0.05) is 29.8 Å². The highest BCUT2D eigenvalue weighted by Crippen LogP contribution is 2.36. The summed E-state index contributed by atoms with van der Waals surface area (Å²) in [7, 11) is 1.64. The first-order chi connectivity index (χ1) is 15.5. The Bertz CT molecular complexity index is 915.